The number of halogens is 3. The van der Waals surface area contributed by atoms with Gasteiger partial charge in [0.2, 0.25) is 0 Å². The summed E-state index contributed by atoms with van der Waals surface area (Å²) in [6.07, 6.45) is 2.41. The monoisotopic (exact) mass is 265 g/mol. The summed E-state index contributed by atoms with van der Waals surface area (Å²) >= 11 is 0. The number of benzene rings is 1. The fourth-order valence-corrected chi connectivity index (χ4v) is 1.76. The van der Waals surface area contributed by atoms with Crippen LogP contribution in [0.15, 0.2) is 42.7 Å². The molecule has 1 aromatic heterocycles. The van der Waals surface area contributed by atoms with E-state index in [1.165, 1.54) is 24.5 Å². The highest BCUT2D eigenvalue weighted by molar-refractivity contribution is 5.94. The van der Waals surface area contributed by atoms with Crippen molar-refractivity contribution in [1.82, 2.24) is 4.98 Å². The molecule has 0 unspecified atom stereocenters. The summed E-state index contributed by atoms with van der Waals surface area (Å²) in [5.41, 5.74) is -1.53. The average Bonchev–Trinajstić information content (AvgIpc) is 2.39. The third kappa shape index (κ3) is 2.36. The molecule has 0 N–H and O–H groups in total. The molecule has 0 spiro atoms. The van der Waals surface area contributed by atoms with Crippen molar-refractivity contribution in [2.45, 2.75) is 12.8 Å². The van der Waals surface area contributed by atoms with Crippen LogP contribution in [0.2, 0.25) is 0 Å². The Morgan fingerprint density at radius 2 is 1.79 bits per heavy atom. The smallest absolute Gasteiger partial charge is 0.294 e. The number of ketones is 1. The van der Waals surface area contributed by atoms with Gasteiger partial charge in [0.05, 0.1) is 11.1 Å². The van der Waals surface area contributed by atoms with Crippen molar-refractivity contribution in [3.63, 3.8) is 0 Å². The second kappa shape index (κ2) is 4.84. The molecular formula is C14H10F3NO. The van der Waals surface area contributed by atoms with Crippen LogP contribution in [-0.4, -0.2) is 10.8 Å². The van der Waals surface area contributed by atoms with Crippen molar-refractivity contribution in [3.8, 4) is 0 Å². The van der Waals surface area contributed by atoms with Crippen LogP contribution >= 0.6 is 0 Å². The van der Waals surface area contributed by atoms with Gasteiger partial charge < -0.3 is 0 Å². The maximum atomic E-state index is 14.2. The van der Waals surface area contributed by atoms with Crippen LogP contribution in [0.25, 0.3) is 0 Å². The zero-order valence-corrected chi connectivity index (χ0v) is 10.0. The number of hydrogen-bond acceptors (Lipinski definition) is 2. The number of aromatic nitrogens is 1. The van der Waals surface area contributed by atoms with E-state index in [2.05, 4.69) is 4.98 Å². The summed E-state index contributed by atoms with van der Waals surface area (Å²) in [6, 6.07) is 5.62. The predicted molar refractivity (Wildman–Crippen MR) is 63.6 cm³/mol. The zero-order valence-electron chi connectivity index (χ0n) is 10.0. The molecule has 0 bridgehead atoms. The first-order chi connectivity index (χ1) is 8.94. The molecule has 0 atom stereocenters. The molecule has 1 heterocycles. The number of pyridine rings is 1. The molecule has 0 radical (unpaired) electrons. The van der Waals surface area contributed by atoms with Gasteiger partial charge in [0, 0.05) is 18.0 Å². The highest BCUT2D eigenvalue weighted by Crippen LogP contribution is 2.37. The molecule has 0 saturated carbocycles. The number of alkyl halides is 2. The van der Waals surface area contributed by atoms with E-state index in [1.807, 2.05) is 0 Å². The van der Waals surface area contributed by atoms with Crippen molar-refractivity contribution in [2.24, 2.45) is 0 Å². The minimum absolute atomic E-state index is 0.341. The summed E-state index contributed by atoms with van der Waals surface area (Å²) in [5, 5.41) is 0. The minimum Gasteiger partial charge on any atom is -0.294 e. The highest BCUT2D eigenvalue weighted by Gasteiger charge is 2.37. The quantitative estimate of drug-likeness (QED) is 0.794. The van der Waals surface area contributed by atoms with Crippen LogP contribution in [-0.2, 0) is 5.92 Å². The zero-order chi connectivity index (χ0) is 14.0. The first kappa shape index (κ1) is 13.3. The maximum absolute atomic E-state index is 14.2. The van der Waals surface area contributed by atoms with Crippen LogP contribution < -0.4 is 0 Å². The van der Waals surface area contributed by atoms with Gasteiger partial charge in [-0.3, -0.25) is 9.78 Å². The largest absolute Gasteiger partial charge is 0.301 e. The highest BCUT2D eigenvalue weighted by atomic mass is 19.3. The number of Topliss-reactive ketones (excluding diaryl/α,β-unsaturated/α-hetero) is 1. The van der Waals surface area contributed by atoms with Crippen LogP contribution in [0.3, 0.4) is 0 Å². The Morgan fingerprint density at radius 1 is 1.16 bits per heavy atom. The molecule has 2 rings (SSSR count). The van der Waals surface area contributed by atoms with E-state index in [9.17, 15) is 18.0 Å². The standard InChI is InChI=1S/C14H10F3NO/c1-9(19)11-3-2-4-12(13(11)15)14(16,17)10-5-7-18-8-6-10/h2-8H,1H3. The summed E-state index contributed by atoms with van der Waals surface area (Å²) < 4.78 is 42.4. The fraction of sp³-hybridized carbons (Fsp3) is 0.143. The third-order valence-electron chi connectivity index (χ3n) is 2.76. The molecule has 1 aromatic carbocycles. The summed E-state index contributed by atoms with van der Waals surface area (Å²) in [5.74, 6) is -5.29. The van der Waals surface area contributed by atoms with Crippen LogP contribution in [0, 0.1) is 5.82 Å². The van der Waals surface area contributed by atoms with Gasteiger partial charge in [0.1, 0.15) is 5.82 Å². The molecule has 98 valence electrons. The molecule has 5 heteroatoms. The van der Waals surface area contributed by atoms with Gasteiger partial charge in [-0.2, -0.15) is 8.78 Å². The molecule has 0 aliphatic rings. The molecule has 19 heavy (non-hydrogen) atoms. The van der Waals surface area contributed by atoms with E-state index in [0.717, 1.165) is 25.1 Å². The van der Waals surface area contributed by atoms with E-state index in [-0.39, 0.29) is 11.1 Å². The van der Waals surface area contributed by atoms with Gasteiger partial charge in [0.15, 0.2) is 5.78 Å². The second-order valence-corrected chi connectivity index (χ2v) is 4.03. The van der Waals surface area contributed by atoms with Gasteiger partial charge in [0.25, 0.3) is 0 Å². The number of nitrogens with zero attached hydrogens (tertiary/aromatic N) is 1. The number of carbonyl (C=O) groups is 1. The molecule has 2 aromatic rings. The SMILES string of the molecule is CC(=O)c1cccc(C(F)(F)c2ccncc2)c1F. The van der Waals surface area contributed by atoms with E-state index in [1.54, 1.807) is 0 Å². The van der Waals surface area contributed by atoms with Crippen molar-refractivity contribution < 1.29 is 18.0 Å². The predicted octanol–water partition coefficient (Wildman–Crippen LogP) is 3.56. The van der Waals surface area contributed by atoms with Crippen LogP contribution in [0.1, 0.15) is 28.4 Å². The molecule has 0 aliphatic heterocycles. The van der Waals surface area contributed by atoms with Crippen molar-refractivity contribution in [1.29, 1.82) is 0 Å². The molecular weight excluding hydrogens is 255 g/mol. The van der Waals surface area contributed by atoms with E-state index < -0.39 is 23.1 Å². The van der Waals surface area contributed by atoms with Gasteiger partial charge in [-0.15, -0.1) is 0 Å². The molecule has 0 saturated heterocycles. The van der Waals surface area contributed by atoms with Crippen LogP contribution in [0.5, 0.6) is 0 Å². The minimum atomic E-state index is -3.52. The Morgan fingerprint density at radius 3 is 2.37 bits per heavy atom. The van der Waals surface area contributed by atoms with Crippen molar-refractivity contribution in [2.75, 3.05) is 0 Å². The third-order valence-corrected chi connectivity index (χ3v) is 2.76. The van der Waals surface area contributed by atoms with Gasteiger partial charge in [-0.1, -0.05) is 6.07 Å². The van der Waals surface area contributed by atoms with E-state index in [0.29, 0.717) is 0 Å². The summed E-state index contributed by atoms with van der Waals surface area (Å²) in [6.45, 7) is 1.13. The van der Waals surface area contributed by atoms with Crippen molar-refractivity contribution >= 4 is 5.78 Å². The number of carbonyl (C=O) groups excluding carboxylic acids is 1. The fourth-order valence-electron chi connectivity index (χ4n) is 1.76. The molecule has 0 amide bonds. The molecule has 2 nitrogen and oxygen atoms in total. The van der Waals surface area contributed by atoms with Crippen molar-refractivity contribution in [3.05, 3.63) is 65.2 Å². The topological polar surface area (TPSA) is 30.0 Å². The summed E-state index contributed by atoms with van der Waals surface area (Å²) in [7, 11) is 0. The Bertz CT molecular complexity index is 611. The number of hydrogen-bond donors (Lipinski definition) is 0. The average molecular weight is 265 g/mol. The van der Waals surface area contributed by atoms with Crippen LogP contribution in [0.4, 0.5) is 13.2 Å². The van der Waals surface area contributed by atoms with Gasteiger partial charge >= 0.3 is 5.92 Å². The first-order valence-electron chi connectivity index (χ1n) is 5.53. The lowest BCUT2D eigenvalue weighted by atomic mass is 9.97. The Hall–Kier alpha value is -2.17. The molecule has 0 fully saturated rings. The Labute approximate surface area is 107 Å². The Kier molecular flexibility index (Phi) is 3.38. The van der Waals surface area contributed by atoms with Gasteiger partial charge in [-0.05, 0) is 31.2 Å². The lowest BCUT2D eigenvalue weighted by molar-refractivity contribution is 0.0387. The summed E-state index contributed by atoms with van der Waals surface area (Å²) in [4.78, 5) is 14.8. The lowest BCUT2D eigenvalue weighted by Gasteiger charge is -2.18. The first-order valence-corrected chi connectivity index (χ1v) is 5.53. The lowest BCUT2D eigenvalue weighted by Crippen LogP contribution is -2.18. The second-order valence-electron chi connectivity index (χ2n) is 4.03. The van der Waals surface area contributed by atoms with Gasteiger partial charge in [-0.25, -0.2) is 4.39 Å². The number of rotatable bonds is 3. The normalized spacial score (nSPS) is 11.4. The van der Waals surface area contributed by atoms with E-state index >= 15 is 0 Å². The van der Waals surface area contributed by atoms with E-state index in [4.69, 9.17) is 0 Å². The maximum Gasteiger partial charge on any atom is 0.301 e. The Balaban J connectivity index is 2.59. The molecule has 0 aliphatic carbocycles.